The smallest absolute Gasteiger partial charge is 0.347 e. The van der Waals surface area contributed by atoms with Gasteiger partial charge in [-0.25, -0.2) is 10.3 Å². The van der Waals surface area contributed by atoms with Gasteiger partial charge in [0.25, 0.3) is 0 Å². The third-order valence-corrected chi connectivity index (χ3v) is 6.52. The fourth-order valence-corrected chi connectivity index (χ4v) is 4.41. The third kappa shape index (κ3) is 9.31. The fourth-order valence-electron chi connectivity index (χ4n) is 4.41. The van der Waals surface area contributed by atoms with Crippen molar-refractivity contribution in [1.29, 1.82) is 5.26 Å². The molecule has 0 saturated carbocycles. The lowest BCUT2D eigenvalue weighted by Gasteiger charge is -2.27. The number of benzene rings is 2. The first-order valence-corrected chi connectivity index (χ1v) is 13.6. The Balaban J connectivity index is 1.52. The molecule has 2 aromatic rings. The van der Waals surface area contributed by atoms with Crippen LogP contribution in [-0.4, -0.2) is 12.5 Å². The van der Waals surface area contributed by atoms with Crippen LogP contribution in [0.25, 0.3) is 5.57 Å². The van der Waals surface area contributed by atoms with Crippen molar-refractivity contribution in [1.82, 2.24) is 0 Å². The maximum atomic E-state index is 12.4. The van der Waals surface area contributed by atoms with Gasteiger partial charge in [0.1, 0.15) is 11.6 Å². The Hall–Kier alpha value is -3.78. The van der Waals surface area contributed by atoms with Crippen molar-refractivity contribution in [3.8, 4) is 6.07 Å². The third-order valence-electron chi connectivity index (χ3n) is 6.52. The van der Waals surface area contributed by atoms with E-state index in [2.05, 4.69) is 35.6 Å². The van der Waals surface area contributed by atoms with Crippen LogP contribution in [0.15, 0.2) is 84.6 Å². The summed E-state index contributed by atoms with van der Waals surface area (Å²) >= 11 is 0. The van der Waals surface area contributed by atoms with Crippen LogP contribution in [0.2, 0.25) is 0 Å². The number of carbonyl (C=O) groups is 1. The van der Waals surface area contributed by atoms with Gasteiger partial charge in [0, 0.05) is 24.0 Å². The summed E-state index contributed by atoms with van der Waals surface area (Å²) in [4.78, 5) is 19.7. The molecule has 0 bridgehead atoms. The van der Waals surface area contributed by atoms with Gasteiger partial charge in [0.15, 0.2) is 0 Å². The zero-order valence-corrected chi connectivity index (χ0v) is 22.0. The molecule has 1 N–H and O–H groups in total. The molecule has 37 heavy (non-hydrogen) atoms. The van der Waals surface area contributed by atoms with E-state index in [0.29, 0.717) is 5.69 Å². The molecule has 1 aliphatic heterocycles. The fraction of sp³-hybridized carbons (Fsp3) is 0.375. The maximum absolute atomic E-state index is 12.4. The van der Waals surface area contributed by atoms with E-state index in [4.69, 9.17) is 4.84 Å². The molecule has 3 rings (SSSR count). The SMILES string of the molecule is CCCCCCCCCCCCN1C=C/C(=C\C=C(/C#N)C(=O)ONc2ccccc2)c2ccccc21. The Morgan fingerprint density at radius 2 is 1.57 bits per heavy atom. The summed E-state index contributed by atoms with van der Waals surface area (Å²) in [7, 11) is 0. The molecule has 5 heteroatoms. The van der Waals surface area contributed by atoms with Crippen molar-refractivity contribution in [2.75, 3.05) is 16.9 Å². The lowest BCUT2D eigenvalue weighted by molar-refractivity contribution is -0.135. The van der Waals surface area contributed by atoms with Crippen LogP contribution in [-0.2, 0) is 9.63 Å². The molecule has 1 aliphatic rings. The standard InChI is InChI=1S/C32H39N3O2/c1-2-3-4-5-6-7-8-9-10-16-24-35-25-23-27(30-19-14-15-20-31(30)35)21-22-28(26-33)32(36)37-34-29-17-12-11-13-18-29/h11-15,17-23,25,34H,2-10,16,24H2,1H3/b27-21+,28-22+. The van der Waals surface area contributed by atoms with Crippen LogP contribution < -0.4 is 10.4 Å². The summed E-state index contributed by atoms with van der Waals surface area (Å²) in [6.07, 6.45) is 20.7. The largest absolute Gasteiger partial charge is 0.373 e. The monoisotopic (exact) mass is 497 g/mol. The predicted molar refractivity (Wildman–Crippen MR) is 153 cm³/mol. The van der Waals surface area contributed by atoms with Gasteiger partial charge in [-0.15, -0.1) is 0 Å². The summed E-state index contributed by atoms with van der Waals surface area (Å²) < 4.78 is 0. The molecule has 0 aliphatic carbocycles. The van der Waals surface area contributed by atoms with Crippen molar-refractivity contribution in [2.45, 2.75) is 71.1 Å². The minimum Gasteiger partial charge on any atom is -0.347 e. The van der Waals surface area contributed by atoms with E-state index in [1.54, 1.807) is 18.2 Å². The van der Waals surface area contributed by atoms with E-state index >= 15 is 0 Å². The number of hydrogen-bond donors (Lipinski definition) is 1. The number of para-hydroxylation sites is 2. The number of allylic oxidation sites excluding steroid dienone is 4. The first-order valence-electron chi connectivity index (χ1n) is 13.6. The number of carbonyl (C=O) groups excluding carboxylic acids is 1. The maximum Gasteiger partial charge on any atom is 0.373 e. The highest BCUT2D eigenvalue weighted by molar-refractivity contribution is 5.94. The van der Waals surface area contributed by atoms with E-state index in [-0.39, 0.29) is 5.57 Å². The molecule has 1 heterocycles. The molecular formula is C32H39N3O2. The van der Waals surface area contributed by atoms with Crippen molar-refractivity contribution in [3.63, 3.8) is 0 Å². The Bertz CT molecular complexity index is 1110. The van der Waals surface area contributed by atoms with Crippen LogP contribution in [0.5, 0.6) is 0 Å². The second kappa shape index (κ2) is 16.1. The molecule has 0 saturated heterocycles. The van der Waals surface area contributed by atoms with Crippen molar-refractivity contribution < 1.29 is 9.63 Å². The van der Waals surface area contributed by atoms with Gasteiger partial charge in [0.2, 0.25) is 0 Å². The summed E-state index contributed by atoms with van der Waals surface area (Å²) in [5.41, 5.74) is 6.32. The number of nitrogens with zero attached hydrogens (tertiary/aromatic N) is 2. The zero-order valence-electron chi connectivity index (χ0n) is 22.0. The summed E-state index contributed by atoms with van der Waals surface area (Å²) in [5.74, 6) is -0.723. The van der Waals surface area contributed by atoms with E-state index < -0.39 is 5.97 Å². The topological polar surface area (TPSA) is 65.4 Å². The van der Waals surface area contributed by atoms with Crippen LogP contribution in [0.1, 0.15) is 76.7 Å². The number of hydrogen-bond acceptors (Lipinski definition) is 5. The molecule has 0 spiro atoms. The van der Waals surface area contributed by atoms with Gasteiger partial charge in [-0.2, -0.15) is 5.26 Å². The van der Waals surface area contributed by atoms with E-state index in [0.717, 1.165) is 29.8 Å². The zero-order chi connectivity index (χ0) is 26.1. The lowest BCUT2D eigenvalue weighted by atomic mass is 9.98. The number of anilines is 2. The number of unbranched alkanes of at least 4 members (excludes halogenated alkanes) is 9. The first kappa shape index (κ1) is 27.8. The normalized spacial score (nSPS) is 13.8. The molecular weight excluding hydrogens is 458 g/mol. The molecule has 0 atom stereocenters. The average molecular weight is 498 g/mol. The minimum atomic E-state index is -0.723. The van der Waals surface area contributed by atoms with E-state index in [1.165, 1.54) is 63.9 Å². The summed E-state index contributed by atoms with van der Waals surface area (Å²) in [6.45, 7) is 3.24. The molecule has 2 aromatic carbocycles. The first-order chi connectivity index (χ1) is 18.2. The van der Waals surface area contributed by atoms with Crippen LogP contribution in [0, 0.1) is 11.3 Å². The summed E-state index contributed by atoms with van der Waals surface area (Å²) in [5, 5.41) is 9.48. The van der Waals surface area contributed by atoms with Crippen molar-refractivity contribution in [2.24, 2.45) is 0 Å². The molecule has 5 nitrogen and oxygen atoms in total. The number of nitriles is 1. The quantitative estimate of drug-likeness (QED) is 0.116. The Labute approximate surface area is 222 Å². The highest BCUT2D eigenvalue weighted by Gasteiger charge is 2.16. The number of rotatable bonds is 15. The number of fused-ring (bicyclic) bond motifs is 1. The second-order valence-electron chi connectivity index (χ2n) is 9.38. The van der Waals surface area contributed by atoms with Crippen LogP contribution >= 0.6 is 0 Å². The van der Waals surface area contributed by atoms with Crippen LogP contribution in [0.3, 0.4) is 0 Å². The van der Waals surface area contributed by atoms with Crippen LogP contribution in [0.4, 0.5) is 11.4 Å². The van der Waals surface area contributed by atoms with Gasteiger partial charge < -0.3 is 9.74 Å². The van der Waals surface area contributed by atoms with Gasteiger partial charge >= 0.3 is 5.97 Å². The highest BCUT2D eigenvalue weighted by Crippen LogP contribution is 2.33. The van der Waals surface area contributed by atoms with E-state index in [1.807, 2.05) is 42.5 Å². The molecule has 0 amide bonds. The molecule has 194 valence electrons. The average Bonchev–Trinajstić information content (AvgIpc) is 2.94. The Morgan fingerprint density at radius 3 is 2.27 bits per heavy atom. The van der Waals surface area contributed by atoms with Gasteiger partial charge in [-0.3, -0.25) is 0 Å². The lowest BCUT2D eigenvalue weighted by Crippen LogP contribution is -2.21. The molecule has 0 unspecified atom stereocenters. The summed E-state index contributed by atoms with van der Waals surface area (Å²) in [6, 6.07) is 19.3. The molecule has 0 radical (unpaired) electrons. The minimum absolute atomic E-state index is 0.0744. The Morgan fingerprint density at radius 1 is 0.919 bits per heavy atom. The molecule has 0 fully saturated rings. The van der Waals surface area contributed by atoms with Crippen molar-refractivity contribution in [3.05, 3.63) is 90.2 Å². The highest BCUT2D eigenvalue weighted by atomic mass is 16.7. The van der Waals surface area contributed by atoms with Gasteiger partial charge in [-0.05, 0) is 42.3 Å². The van der Waals surface area contributed by atoms with Crippen molar-refractivity contribution >= 4 is 22.9 Å². The number of nitrogens with one attached hydrogen (secondary N) is 1. The van der Waals surface area contributed by atoms with Gasteiger partial charge in [-0.1, -0.05) is 107 Å². The second-order valence-corrected chi connectivity index (χ2v) is 9.38. The predicted octanol–water partition coefficient (Wildman–Crippen LogP) is 8.34. The van der Waals surface area contributed by atoms with E-state index in [9.17, 15) is 10.1 Å². The Kier molecular flexibility index (Phi) is 12.1. The molecule has 0 aromatic heterocycles. The van der Waals surface area contributed by atoms with Gasteiger partial charge in [0.05, 0.1) is 5.69 Å².